The van der Waals surface area contributed by atoms with Gasteiger partial charge in [0, 0.05) is 27.2 Å². The molecule has 0 fully saturated rings. The highest BCUT2D eigenvalue weighted by Crippen LogP contribution is 2.36. The highest BCUT2D eigenvalue weighted by Gasteiger charge is 2.21. The molecule has 30 heavy (non-hydrogen) atoms. The normalized spacial score (nSPS) is 11.3. The average Bonchev–Trinajstić information content (AvgIpc) is 3.13. The van der Waals surface area contributed by atoms with Gasteiger partial charge in [-0.2, -0.15) is 0 Å². The molecule has 5 heteroatoms. The Morgan fingerprint density at radius 2 is 1.70 bits per heavy atom. The second kappa shape index (κ2) is 7.73. The highest BCUT2D eigenvalue weighted by molar-refractivity contribution is 7.14. The van der Waals surface area contributed by atoms with Gasteiger partial charge in [0.15, 0.2) is 10.6 Å². The van der Waals surface area contributed by atoms with Crippen molar-refractivity contribution in [3.8, 4) is 22.1 Å². The van der Waals surface area contributed by atoms with Gasteiger partial charge in [-0.1, -0.05) is 18.2 Å². The Bertz CT molecular complexity index is 1330. The molecule has 2 heterocycles. The molecule has 0 radical (unpaired) electrons. The monoisotopic (exact) mass is 418 g/mol. The van der Waals surface area contributed by atoms with Crippen molar-refractivity contribution < 1.29 is 4.74 Å². The largest absolute Gasteiger partial charge is 0.493 e. The summed E-state index contributed by atoms with van der Waals surface area (Å²) in [5, 5.41) is 2.43. The first-order valence-corrected chi connectivity index (χ1v) is 11.0. The fourth-order valence-corrected chi connectivity index (χ4v) is 5.06. The summed E-state index contributed by atoms with van der Waals surface area (Å²) in [6.07, 6.45) is 0. The van der Waals surface area contributed by atoms with Crippen molar-refractivity contribution in [3.63, 3.8) is 0 Å². The van der Waals surface area contributed by atoms with Gasteiger partial charge in [0.05, 0.1) is 17.7 Å². The zero-order valence-electron chi connectivity index (χ0n) is 18.3. The first kappa shape index (κ1) is 20.4. The summed E-state index contributed by atoms with van der Waals surface area (Å²) in [4.78, 5) is 19.0. The topological polar surface area (TPSA) is 44.1 Å². The maximum Gasteiger partial charge on any atom is 0.194 e. The van der Waals surface area contributed by atoms with Gasteiger partial charge in [0.2, 0.25) is 0 Å². The molecule has 2 aromatic heterocycles. The highest BCUT2D eigenvalue weighted by atomic mass is 32.1. The summed E-state index contributed by atoms with van der Waals surface area (Å²) in [5.74, 6) is 0.733. The number of rotatable bonds is 4. The van der Waals surface area contributed by atoms with E-state index in [2.05, 4.69) is 43.5 Å². The SMILES string of the molecule is CCOc1cccc(=O)c2c(C)n(-c3nc(-c4ccc(C)c(C)c4)c(C)s3)c(C)c12. The Hall–Kier alpha value is -2.92. The number of hydrogen-bond acceptors (Lipinski definition) is 4. The molecule has 0 saturated carbocycles. The quantitative estimate of drug-likeness (QED) is 0.405. The van der Waals surface area contributed by atoms with Crippen LogP contribution >= 0.6 is 11.3 Å². The van der Waals surface area contributed by atoms with Crippen molar-refractivity contribution in [3.05, 3.63) is 74.0 Å². The maximum atomic E-state index is 12.8. The van der Waals surface area contributed by atoms with E-state index in [0.717, 1.165) is 43.8 Å². The zero-order valence-corrected chi connectivity index (χ0v) is 19.1. The minimum atomic E-state index is -0.00189. The molecule has 0 aliphatic carbocycles. The van der Waals surface area contributed by atoms with E-state index in [4.69, 9.17) is 9.72 Å². The number of nitrogens with zero attached hydrogens (tertiary/aromatic N) is 2. The van der Waals surface area contributed by atoms with Crippen LogP contribution in [0, 0.1) is 34.6 Å². The van der Waals surface area contributed by atoms with Crippen LogP contribution in [0.2, 0.25) is 0 Å². The lowest BCUT2D eigenvalue weighted by atomic mass is 10.0. The Balaban J connectivity index is 1.97. The summed E-state index contributed by atoms with van der Waals surface area (Å²) in [5.41, 5.74) is 6.51. The lowest BCUT2D eigenvalue weighted by molar-refractivity contribution is 0.344. The Labute approximate surface area is 180 Å². The van der Waals surface area contributed by atoms with Gasteiger partial charge in [-0.3, -0.25) is 9.36 Å². The van der Waals surface area contributed by atoms with Crippen molar-refractivity contribution in [2.24, 2.45) is 0 Å². The smallest absolute Gasteiger partial charge is 0.194 e. The van der Waals surface area contributed by atoms with E-state index in [1.54, 1.807) is 23.5 Å². The van der Waals surface area contributed by atoms with Gasteiger partial charge in [-0.05, 0) is 70.9 Å². The van der Waals surface area contributed by atoms with E-state index < -0.39 is 0 Å². The second-order valence-corrected chi connectivity index (χ2v) is 8.83. The fourth-order valence-electron chi connectivity index (χ4n) is 4.03. The van der Waals surface area contributed by atoms with Crippen molar-refractivity contribution in [1.29, 1.82) is 0 Å². The molecule has 0 aliphatic rings. The summed E-state index contributed by atoms with van der Waals surface area (Å²) < 4.78 is 7.97. The van der Waals surface area contributed by atoms with Gasteiger partial charge in [0.25, 0.3) is 0 Å². The van der Waals surface area contributed by atoms with Crippen LogP contribution in [0.25, 0.3) is 27.2 Å². The van der Waals surface area contributed by atoms with E-state index >= 15 is 0 Å². The Morgan fingerprint density at radius 3 is 2.40 bits per heavy atom. The Kier molecular flexibility index (Phi) is 5.24. The number of fused-ring (bicyclic) bond motifs is 1. The third kappa shape index (κ3) is 3.23. The molecule has 2 aromatic carbocycles. The van der Waals surface area contributed by atoms with Crippen LogP contribution in [0.15, 0.2) is 41.2 Å². The van der Waals surface area contributed by atoms with E-state index in [1.807, 2.05) is 26.8 Å². The molecular weight excluding hydrogens is 392 g/mol. The summed E-state index contributed by atoms with van der Waals surface area (Å²) >= 11 is 1.65. The lowest BCUT2D eigenvalue weighted by Crippen LogP contribution is -2.00. The first-order valence-electron chi connectivity index (χ1n) is 10.2. The minimum absolute atomic E-state index is 0.00189. The number of aryl methyl sites for hydroxylation is 5. The summed E-state index contributed by atoms with van der Waals surface area (Å²) in [6, 6.07) is 11.7. The molecule has 154 valence electrons. The van der Waals surface area contributed by atoms with Gasteiger partial charge < -0.3 is 4.74 Å². The van der Waals surface area contributed by atoms with E-state index in [9.17, 15) is 4.79 Å². The molecule has 0 unspecified atom stereocenters. The van der Waals surface area contributed by atoms with E-state index in [1.165, 1.54) is 11.1 Å². The molecule has 0 amide bonds. The predicted octanol–water partition coefficient (Wildman–Crippen LogP) is 6.06. The van der Waals surface area contributed by atoms with Crippen LogP contribution in [-0.2, 0) is 0 Å². The molecule has 0 bridgehead atoms. The molecule has 0 atom stereocenters. The number of benzene rings is 1. The average molecular weight is 419 g/mol. The summed E-state index contributed by atoms with van der Waals surface area (Å²) in [6.45, 7) is 12.9. The number of ether oxygens (including phenoxy) is 1. The van der Waals surface area contributed by atoms with Crippen LogP contribution in [0.5, 0.6) is 5.75 Å². The van der Waals surface area contributed by atoms with Crippen molar-refractivity contribution in [1.82, 2.24) is 9.55 Å². The zero-order chi connectivity index (χ0) is 21.6. The third-order valence-electron chi connectivity index (χ3n) is 5.69. The van der Waals surface area contributed by atoms with Crippen molar-refractivity contribution >= 4 is 22.1 Å². The molecular formula is C25H26N2O2S. The number of aromatic nitrogens is 2. The number of hydrogen-bond donors (Lipinski definition) is 0. The van der Waals surface area contributed by atoms with Gasteiger partial charge in [0.1, 0.15) is 5.75 Å². The maximum absolute atomic E-state index is 12.8. The van der Waals surface area contributed by atoms with Crippen LogP contribution in [0.3, 0.4) is 0 Å². The predicted molar refractivity (Wildman–Crippen MR) is 126 cm³/mol. The number of thiazole rings is 1. The van der Waals surface area contributed by atoms with Crippen LogP contribution < -0.4 is 10.2 Å². The summed E-state index contributed by atoms with van der Waals surface area (Å²) in [7, 11) is 0. The standard InChI is InChI=1S/C25H26N2O2S/c1-7-29-21-10-8-9-20(28)22-16(4)27(17(5)23(21)22)25-26-24(18(6)30-25)19-12-11-14(2)15(3)13-19/h8-13H,7H2,1-6H3. The molecule has 0 aliphatic heterocycles. The van der Waals surface area contributed by atoms with Crippen molar-refractivity contribution in [2.45, 2.75) is 41.5 Å². The molecule has 4 aromatic rings. The molecule has 4 rings (SSSR count). The minimum Gasteiger partial charge on any atom is -0.493 e. The molecule has 0 saturated heterocycles. The first-order chi connectivity index (χ1) is 14.3. The van der Waals surface area contributed by atoms with Crippen LogP contribution in [0.4, 0.5) is 0 Å². The molecule has 0 N–H and O–H groups in total. The molecule has 4 nitrogen and oxygen atoms in total. The van der Waals surface area contributed by atoms with Crippen molar-refractivity contribution in [2.75, 3.05) is 6.61 Å². The third-order valence-corrected chi connectivity index (χ3v) is 6.65. The van der Waals surface area contributed by atoms with Crippen LogP contribution in [0.1, 0.15) is 34.3 Å². The van der Waals surface area contributed by atoms with E-state index in [0.29, 0.717) is 12.0 Å². The second-order valence-electron chi connectivity index (χ2n) is 7.64. The Morgan fingerprint density at radius 1 is 0.967 bits per heavy atom. The van der Waals surface area contributed by atoms with Gasteiger partial charge in [-0.25, -0.2) is 4.98 Å². The van der Waals surface area contributed by atoms with E-state index in [-0.39, 0.29) is 5.43 Å². The van der Waals surface area contributed by atoms with Gasteiger partial charge in [-0.15, -0.1) is 11.3 Å². The lowest BCUT2D eigenvalue weighted by Gasteiger charge is -2.06. The van der Waals surface area contributed by atoms with Crippen LogP contribution in [-0.4, -0.2) is 16.2 Å². The fraction of sp³-hybridized carbons (Fsp3) is 0.280. The molecule has 0 spiro atoms. The van der Waals surface area contributed by atoms with Gasteiger partial charge >= 0.3 is 0 Å².